The minimum absolute atomic E-state index is 0.407. The summed E-state index contributed by atoms with van der Waals surface area (Å²) in [6.45, 7) is 0.407. The van der Waals surface area contributed by atoms with Crippen molar-refractivity contribution in [1.82, 2.24) is 5.43 Å². The zero-order valence-corrected chi connectivity index (χ0v) is 19.5. The Morgan fingerprint density at radius 3 is 2.03 bits per heavy atom. The van der Waals surface area contributed by atoms with Crippen molar-refractivity contribution in [2.75, 3.05) is 0 Å². The van der Waals surface area contributed by atoms with Gasteiger partial charge in [-0.3, -0.25) is 4.79 Å². The summed E-state index contributed by atoms with van der Waals surface area (Å²) in [5, 5.41) is 4.74. The summed E-state index contributed by atoms with van der Waals surface area (Å²) >= 11 is 5.92. The third-order valence-electron chi connectivity index (χ3n) is 4.75. The van der Waals surface area contributed by atoms with Gasteiger partial charge in [0.1, 0.15) is 23.9 Å². The molecule has 0 heterocycles. The van der Waals surface area contributed by atoms with Gasteiger partial charge in [-0.15, -0.1) is 0 Å². The van der Waals surface area contributed by atoms with E-state index >= 15 is 0 Å². The first-order valence-electron chi connectivity index (χ1n) is 10.9. The maximum Gasteiger partial charge on any atom is 0.323 e. The molecule has 0 unspecified atom stereocenters. The van der Waals surface area contributed by atoms with Crippen LogP contribution in [0.2, 0.25) is 5.02 Å². The molecule has 4 aromatic carbocycles. The van der Waals surface area contributed by atoms with Gasteiger partial charge in [0.15, 0.2) is 0 Å². The molecule has 0 aliphatic rings. The molecule has 0 aromatic heterocycles. The Kier molecular flexibility index (Phi) is 8.35. The molecule has 35 heavy (non-hydrogen) atoms. The van der Waals surface area contributed by atoms with Crippen LogP contribution in [0.5, 0.6) is 17.2 Å². The van der Waals surface area contributed by atoms with Gasteiger partial charge in [0.05, 0.1) is 6.21 Å². The van der Waals surface area contributed by atoms with Gasteiger partial charge in [0.25, 0.3) is 0 Å². The molecular formula is C28H23ClN2O4. The molecule has 0 fully saturated rings. The molecule has 176 valence electrons. The number of halogens is 1. The lowest BCUT2D eigenvalue weighted by Crippen LogP contribution is -2.40. The van der Waals surface area contributed by atoms with Crippen LogP contribution < -0.4 is 19.6 Å². The van der Waals surface area contributed by atoms with Gasteiger partial charge in [0.2, 0.25) is 0 Å². The van der Waals surface area contributed by atoms with Gasteiger partial charge in [-0.1, -0.05) is 72.3 Å². The highest BCUT2D eigenvalue weighted by atomic mass is 35.5. The summed E-state index contributed by atoms with van der Waals surface area (Å²) in [6.07, 6.45) is 0.292. The smallest absolute Gasteiger partial charge is 0.323 e. The Morgan fingerprint density at radius 1 is 0.800 bits per heavy atom. The number of carbonyl (C=O) groups is 1. The van der Waals surface area contributed by atoms with Crippen LogP contribution in [0.4, 0.5) is 0 Å². The van der Waals surface area contributed by atoms with E-state index in [0.29, 0.717) is 28.9 Å². The van der Waals surface area contributed by atoms with Crippen molar-refractivity contribution in [2.24, 2.45) is 5.10 Å². The molecular weight excluding hydrogens is 464 g/mol. The summed E-state index contributed by atoms with van der Waals surface area (Å²) in [7, 11) is 0. The van der Waals surface area contributed by atoms with E-state index in [9.17, 15) is 4.79 Å². The third kappa shape index (κ3) is 7.62. The van der Waals surface area contributed by atoms with Gasteiger partial charge >= 0.3 is 12.2 Å². The third-order valence-corrected chi connectivity index (χ3v) is 5.00. The van der Waals surface area contributed by atoms with Gasteiger partial charge < -0.3 is 14.2 Å². The van der Waals surface area contributed by atoms with Crippen LogP contribution in [-0.4, -0.2) is 18.4 Å². The van der Waals surface area contributed by atoms with E-state index in [1.165, 1.54) is 6.21 Å². The fraction of sp³-hybridized carbons (Fsp3) is 0.0714. The van der Waals surface area contributed by atoms with Gasteiger partial charge in [-0.2, -0.15) is 5.10 Å². The molecule has 6 nitrogen and oxygen atoms in total. The van der Waals surface area contributed by atoms with Gasteiger partial charge in [-0.05, 0) is 59.7 Å². The number of carbonyl (C=O) groups excluding carboxylic acids is 1. The highest BCUT2D eigenvalue weighted by Crippen LogP contribution is 2.17. The Hall–Kier alpha value is -4.29. The molecule has 1 N–H and O–H groups in total. The molecule has 0 bridgehead atoms. The van der Waals surface area contributed by atoms with E-state index in [1.807, 2.05) is 84.9 Å². The second-order valence-electron chi connectivity index (χ2n) is 7.42. The first kappa shape index (κ1) is 23.9. The SMILES string of the molecule is O=C(N/N=C\c1cccc(OCc2ccc(Cl)cc2)c1)C(Oc1ccccc1)Oc1ccccc1. The number of ether oxygens (including phenoxy) is 3. The van der Waals surface area contributed by atoms with Crippen LogP contribution in [0.25, 0.3) is 0 Å². The van der Waals surface area contributed by atoms with Crippen molar-refractivity contribution < 1.29 is 19.0 Å². The minimum atomic E-state index is -1.23. The van der Waals surface area contributed by atoms with Crippen LogP contribution in [0, 0.1) is 0 Å². The predicted octanol–water partition coefficient (Wildman–Crippen LogP) is 5.85. The largest absolute Gasteiger partial charge is 0.489 e. The van der Waals surface area contributed by atoms with Crippen molar-refractivity contribution in [3.63, 3.8) is 0 Å². The molecule has 0 saturated carbocycles. The zero-order chi connectivity index (χ0) is 24.3. The fourth-order valence-corrected chi connectivity index (χ4v) is 3.16. The molecule has 4 aromatic rings. The molecule has 0 aliphatic heterocycles. The Bertz CT molecular complexity index is 1210. The average Bonchev–Trinajstić information content (AvgIpc) is 2.89. The molecule has 0 aliphatic carbocycles. The van der Waals surface area contributed by atoms with Crippen LogP contribution in [0.15, 0.2) is 114 Å². The predicted molar refractivity (Wildman–Crippen MR) is 136 cm³/mol. The molecule has 0 atom stereocenters. The van der Waals surface area contributed by atoms with E-state index in [-0.39, 0.29) is 0 Å². The number of rotatable bonds is 10. The van der Waals surface area contributed by atoms with Crippen LogP contribution in [0.3, 0.4) is 0 Å². The molecule has 7 heteroatoms. The summed E-state index contributed by atoms with van der Waals surface area (Å²) in [5.41, 5.74) is 4.24. The molecule has 0 radical (unpaired) electrons. The number of benzene rings is 4. The van der Waals surface area contributed by atoms with Crippen LogP contribution in [-0.2, 0) is 11.4 Å². The van der Waals surface area contributed by atoms with E-state index in [2.05, 4.69) is 10.5 Å². The molecule has 4 rings (SSSR count). The van der Waals surface area contributed by atoms with E-state index in [4.69, 9.17) is 25.8 Å². The zero-order valence-electron chi connectivity index (χ0n) is 18.7. The van der Waals surface area contributed by atoms with Crippen LogP contribution >= 0.6 is 11.6 Å². The summed E-state index contributed by atoms with van der Waals surface area (Å²) in [4.78, 5) is 12.8. The maximum atomic E-state index is 12.8. The lowest BCUT2D eigenvalue weighted by Gasteiger charge is -2.18. The highest BCUT2D eigenvalue weighted by molar-refractivity contribution is 6.30. The quantitative estimate of drug-likeness (QED) is 0.173. The number of hydrazone groups is 1. The Labute approximate surface area is 208 Å². The summed E-state index contributed by atoms with van der Waals surface area (Å²) in [5.74, 6) is 1.12. The van der Waals surface area contributed by atoms with E-state index < -0.39 is 12.2 Å². The maximum absolute atomic E-state index is 12.8. The molecule has 0 spiro atoms. The lowest BCUT2D eigenvalue weighted by molar-refractivity contribution is -0.140. The number of nitrogens with one attached hydrogen (secondary N) is 1. The number of hydrogen-bond donors (Lipinski definition) is 1. The number of para-hydroxylation sites is 2. The van der Waals surface area contributed by atoms with Crippen molar-refractivity contribution in [3.8, 4) is 17.2 Å². The average molecular weight is 487 g/mol. The highest BCUT2D eigenvalue weighted by Gasteiger charge is 2.22. The van der Waals surface area contributed by atoms with Gasteiger partial charge in [0, 0.05) is 5.02 Å². The van der Waals surface area contributed by atoms with Crippen molar-refractivity contribution in [2.45, 2.75) is 12.9 Å². The van der Waals surface area contributed by atoms with Crippen molar-refractivity contribution >= 4 is 23.7 Å². The first-order valence-corrected chi connectivity index (χ1v) is 11.3. The lowest BCUT2D eigenvalue weighted by atomic mass is 10.2. The summed E-state index contributed by atoms with van der Waals surface area (Å²) < 4.78 is 17.3. The number of nitrogens with zero attached hydrogens (tertiary/aromatic N) is 1. The van der Waals surface area contributed by atoms with Gasteiger partial charge in [-0.25, -0.2) is 5.43 Å². The fourth-order valence-electron chi connectivity index (χ4n) is 3.03. The molecule has 0 saturated heterocycles. The summed E-state index contributed by atoms with van der Waals surface area (Å²) in [6, 6.07) is 32.8. The number of amides is 1. The number of hydrogen-bond acceptors (Lipinski definition) is 5. The van der Waals surface area contributed by atoms with E-state index in [0.717, 1.165) is 11.1 Å². The topological polar surface area (TPSA) is 69.2 Å². The molecule has 1 amide bonds. The van der Waals surface area contributed by atoms with Crippen LogP contribution in [0.1, 0.15) is 11.1 Å². The minimum Gasteiger partial charge on any atom is -0.489 e. The van der Waals surface area contributed by atoms with E-state index in [1.54, 1.807) is 24.3 Å². The standard InChI is InChI=1S/C28H23ClN2O4/c29-23-16-14-21(15-17-23)20-33-26-13-7-8-22(18-26)19-30-31-27(32)28(34-24-9-3-1-4-10-24)35-25-11-5-2-6-12-25/h1-19,28H,20H2,(H,31,32)/b30-19-. The monoisotopic (exact) mass is 486 g/mol. The Morgan fingerprint density at radius 2 is 1.40 bits per heavy atom. The Balaban J connectivity index is 1.37. The van der Waals surface area contributed by atoms with Crippen molar-refractivity contribution in [3.05, 3.63) is 125 Å². The second kappa shape index (κ2) is 12.3. The van der Waals surface area contributed by atoms with Crippen molar-refractivity contribution in [1.29, 1.82) is 0 Å². The first-order chi connectivity index (χ1) is 17.2. The second-order valence-corrected chi connectivity index (χ2v) is 7.85. The normalized spacial score (nSPS) is 10.8.